The molecule has 1 heterocycles. The van der Waals surface area contributed by atoms with E-state index in [9.17, 15) is 9.59 Å². The van der Waals surface area contributed by atoms with Crippen LogP contribution in [0.1, 0.15) is 27.9 Å². The maximum absolute atomic E-state index is 12.5. The van der Waals surface area contributed by atoms with Gasteiger partial charge in [-0.25, -0.2) is 0 Å². The minimum Gasteiger partial charge on any atom is -0.369 e. The zero-order chi connectivity index (χ0) is 15.4. The molecule has 0 saturated carbocycles. The van der Waals surface area contributed by atoms with Crippen molar-refractivity contribution in [2.45, 2.75) is 13.3 Å². The molecule has 1 aromatic carbocycles. The summed E-state index contributed by atoms with van der Waals surface area (Å²) in [5, 5.41) is 0. The Morgan fingerprint density at radius 3 is 2.76 bits per heavy atom. The standard InChI is InChI=1S/C16H19N3O2/c1-11-7-12(3-2-5-17)9-14(8-11)16(21)19-6-4-13(10-19)15(18)20/h7-9,13H,4-6,10,17H2,1H3,(H2,18,20). The molecule has 5 nitrogen and oxygen atoms in total. The minimum atomic E-state index is -0.343. The van der Waals surface area contributed by atoms with Gasteiger partial charge in [-0.15, -0.1) is 0 Å². The van der Waals surface area contributed by atoms with Gasteiger partial charge in [0, 0.05) is 24.2 Å². The zero-order valence-corrected chi connectivity index (χ0v) is 12.1. The second-order valence-electron chi connectivity index (χ2n) is 5.23. The van der Waals surface area contributed by atoms with E-state index in [1.165, 1.54) is 0 Å². The fraction of sp³-hybridized carbons (Fsp3) is 0.375. The summed E-state index contributed by atoms with van der Waals surface area (Å²) in [5.74, 6) is 5.05. The monoisotopic (exact) mass is 285 g/mol. The number of primary amides is 1. The van der Waals surface area contributed by atoms with Crippen LogP contribution >= 0.6 is 0 Å². The summed E-state index contributed by atoms with van der Waals surface area (Å²) in [6.45, 7) is 3.15. The molecule has 2 rings (SSSR count). The average molecular weight is 285 g/mol. The lowest BCUT2D eigenvalue weighted by Gasteiger charge is -2.16. The van der Waals surface area contributed by atoms with Crippen molar-refractivity contribution in [1.29, 1.82) is 0 Å². The molecule has 4 N–H and O–H groups in total. The normalized spacial score (nSPS) is 17.2. The van der Waals surface area contributed by atoms with E-state index in [2.05, 4.69) is 11.8 Å². The van der Waals surface area contributed by atoms with Crippen molar-refractivity contribution in [3.63, 3.8) is 0 Å². The molecule has 0 spiro atoms. The molecule has 1 aromatic rings. The minimum absolute atomic E-state index is 0.0850. The van der Waals surface area contributed by atoms with Gasteiger partial charge in [0.2, 0.25) is 5.91 Å². The van der Waals surface area contributed by atoms with Crippen LogP contribution in [0.5, 0.6) is 0 Å². The Balaban J connectivity index is 2.20. The second-order valence-corrected chi connectivity index (χ2v) is 5.23. The van der Waals surface area contributed by atoms with Crippen molar-refractivity contribution in [2.75, 3.05) is 19.6 Å². The van der Waals surface area contributed by atoms with Gasteiger partial charge in [0.1, 0.15) is 0 Å². The van der Waals surface area contributed by atoms with Crippen LogP contribution in [0.3, 0.4) is 0 Å². The molecule has 21 heavy (non-hydrogen) atoms. The molecule has 1 aliphatic rings. The van der Waals surface area contributed by atoms with E-state index in [4.69, 9.17) is 11.5 Å². The number of amides is 2. The predicted octanol–water partition coefficient (Wildman–Crippen LogP) is 0.253. The van der Waals surface area contributed by atoms with E-state index < -0.39 is 0 Å². The van der Waals surface area contributed by atoms with Crippen LogP contribution in [-0.2, 0) is 4.79 Å². The topological polar surface area (TPSA) is 89.4 Å². The van der Waals surface area contributed by atoms with Crippen molar-refractivity contribution in [3.05, 3.63) is 34.9 Å². The Bertz CT molecular complexity index is 628. The molecule has 1 saturated heterocycles. The first-order valence-electron chi connectivity index (χ1n) is 6.90. The maximum Gasteiger partial charge on any atom is 0.253 e. The molecule has 1 unspecified atom stereocenters. The van der Waals surface area contributed by atoms with Gasteiger partial charge < -0.3 is 16.4 Å². The van der Waals surface area contributed by atoms with Crippen molar-refractivity contribution in [2.24, 2.45) is 17.4 Å². The molecule has 0 aliphatic carbocycles. The van der Waals surface area contributed by atoms with Crippen LogP contribution in [0.25, 0.3) is 0 Å². The van der Waals surface area contributed by atoms with Crippen LogP contribution in [0, 0.1) is 24.7 Å². The predicted molar refractivity (Wildman–Crippen MR) is 80.3 cm³/mol. The number of rotatable bonds is 2. The summed E-state index contributed by atoms with van der Waals surface area (Å²) in [5.41, 5.74) is 13.0. The Morgan fingerprint density at radius 2 is 2.14 bits per heavy atom. The van der Waals surface area contributed by atoms with Gasteiger partial charge in [0.15, 0.2) is 0 Å². The second kappa shape index (κ2) is 6.42. The molecule has 5 heteroatoms. The van der Waals surface area contributed by atoms with Crippen molar-refractivity contribution < 1.29 is 9.59 Å². The highest BCUT2D eigenvalue weighted by molar-refractivity contribution is 5.95. The van der Waals surface area contributed by atoms with Crippen LogP contribution in [0.4, 0.5) is 0 Å². The first-order valence-corrected chi connectivity index (χ1v) is 6.90. The number of hydrogen-bond donors (Lipinski definition) is 2. The Kier molecular flexibility index (Phi) is 4.61. The fourth-order valence-corrected chi connectivity index (χ4v) is 2.49. The number of aryl methyl sites for hydroxylation is 1. The molecule has 1 atom stereocenters. The molecular weight excluding hydrogens is 266 g/mol. The third kappa shape index (κ3) is 3.61. The largest absolute Gasteiger partial charge is 0.369 e. The van der Waals surface area contributed by atoms with E-state index in [1.807, 2.05) is 19.1 Å². The summed E-state index contributed by atoms with van der Waals surface area (Å²) in [7, 11) is 0. The van der Waals surface area contributed by atoms with E-state index in [-0.39, 0.29) is 24.3 Å². The van der Waals surface area contributed by atoms with Crippen molar-refractivity contribution in [3.8, 4) is 11.8 Å². The van der Waals surface area contributed by atoms with E-state index in [0.29, 0.717) is 25.1 Å². The smallest absolute Gasteiger partial charge is 0.253 e. The summed E-state index contributed by atoms with van der Waals surface area (Å²) >= 11 is 0. The summed E-state index contributed by atoms with van der Waals surface area (Å²) in [6, 6.07) is 5.50. The summed E-state index contributed by atoms with van der Waals surface area (Å²) in [6.07, 6.45) is 0.632. The molecule has 1 aliphatic heterocycles. The van der Waals surface area contributed by atoms with E-state index in [0.717, 1.165) is 11.1 Å². The number of likely N-dealkylation sites (tertiary alicyclic amines) is 1. The third-order valence-electron chi connectivity index (χ3n) is 3.54. The lowest BCUT2D eigenvalue weighted by Crippen LogP contribution is -2.31. The van der Waals surface area contributed by atoms with Crippen LogP contribution in [-0.4, -0.2) is 36.3 Å². The van der Waals surface area contributed by atoms with Gasteiger partial charge in [-0.3, -0.25) is 9.59 Å². The molecule has 2 amide bonds. The average Bonchev–Trinajstić information content (AvgIpc) is 2.93. The highest BCUT2D eigenvalue weighted by atomic mass is 16.2. The van der Waals surface area contributed by atoms with E-state index >= 15 is 0 Å². The highest BCUT2D eigenvalue weighted by Crippen LogP contribution is 2.19. The molecule has 0 aromatic heterocycles. The number of nitrogens with zero attached hydrogens (tertiary/aromatic N) is 1. The SMILES string of the molecule is Cc1cc(C#CCN)cc(C(=O)N2CCC(C(N)=O)C2)c1. The number of nitrogens with two attached hydrogens (primary N) is 2. The summed E-state index contributed by atoms with van der Waals surface area (Å²) < 4.78 is 0. The Hall–Kier alpha value is -2.32. The number of carbonyl (C=O) groups is 2. The number of carbonyl (C=O) groups excluding carboxylic acids is 2. The van der Waals surface area contributed by atoms with Gasteiger partial charge in [-0.1, -0.05) is 11.8 Å². The van der Waals surface area contributed by atoms with Gasteiger partial charge >= 0.3 is 0 Å². The highest BCUT2D eigenvalue weighted by Gasteiger charge is 2.30. The van der Waals surface area contributed by atoms with Gasteiger partial charge in [-0.2, -0.15) is 0 Å². The summed E-state index contributed by atoms with van der Waals surface area (Å²) in [4.78, 5) is 25.4. The number of benzene rings is 1. The van der Waals surface area contributed by atoms with Crippen molar-refractivity contribution in [1.82, 2.24) is 4.90 Å². The molecular formula is C16H19N3O2. The maximum atomic E-state index is 12.5. The number of hydrogen-bond acceptors (Lipinski definition) is 3. The quantitative estimate of drug-likeness (QED) is 0.763. The molecule has 1 fully saturated rings. The van der Waals surface area contributed by atoms with Crippen molar-refractivity contribution >= 4 is 11.8 Å². The lowest BCUT2D eigenvalue weighted by atomic mass is 10.1. The van der Waals surface area contributed by atoms with E-state index in [1.54, 1.807) is 11.0 Å². The van der Waals surface area contributed by atoms with Gasteiger partial charge in [-0.05, 0) is 37.1 Å². The fourth-order valence-electron chi connectivity index (χ4n) is 2.49. The first kappa shape index (κ1) is 15.1. The van der Waals surface area contributed by atoms with Crippen LogP contribution < -0.4 is 11.5 Å². The Morgan fingerprint density at radius 1 is 1.38 bits per heavy atom. The zero-order valence-electron chi connectivity index (χ0n) is 12.1. The molecule has 0 bridgehead atoms. The Labute approximate surface area is 124 Å². The lowest BCUT2D eigenvalue weighted by molar-refractivity contribution is -0.121. The van der Waals surface area contributed by atoms with Gasteiger partial charge in [0.05, 0.1) is 12.5 Å². The molecule has 110 valence electrons. The third-order valence-corrected chi connectivity index (χ3v) is 3.54. The first-order chi connectivity index (χ1) is 10.0. The van der Waals surface area contributed by atoms with Crippen LogP contribution in [0.15, 0.2) is 18.2 Å². The van der Waals surface area contributed by atoms with Gasteiger partial charge in [0.25, 0.3) is 5.91 Å². The molecule has 0 radical (unpaired) electrons. The van der Waals surface area contributed by atoms with Crippen LogP contribution in [0.2, 0.25) is 0 Å².